The second-order valence-corrected chi connectivity index (χ2v) is 3.81. The first-order valence-electron chi connectivity index (χ1n) is 5.69. The number of hydrogen-bond acceptors (Lipinski definition) is 4. The lowest BCUT2D eigenvalue weighted by molar-refractivity contribution is -0.146. The van der Waals surface area contributed by atoms with Crippen LogP contribution in [0.25, 0.3) is 0 Å². The summed E-state index contributed by atoms with van der Waals surface area (Å²) in [4.78, 5) is 22.7. The van der Waals surface area contributed by atoms with Gasteiger partial charge in [0.15, 0.2) is 6.04 Å². The van der Waals surface area contributed by atoms with Crippen LogP contribution in [-0.2, 0) is 20.7 Å². The maximum atomic E-state index is 11.6. The number of benzene rings is 1. The van der Waals surface area contributed by atoms with Crippen molar-refractivity contribution in [3.63, 3.8) is 0 Å². The summed E-state index contributed by atoms with van der Waals surface area (Å²) in [5.41, 5.74) is 1.05. The van der Waals surface area contributed by atoms with Gasteiger partial charge in [-0.2, -0.15) is 0 Å². The molecule has 0 fully saturated rings. The van der Waals surface area contributed by atoms with Crippen LogP contribution in [0.3, 0.4) is 0 Å². The van der Waals surface area contributed by atoms with Crippen LogP contribution in [0.15, 0.2) is 30.3 Å². The fourth-order valence-electron chi connectivity index (χ4n) is 1.49. The highest BCUT2D eigenvalue weighted by atomic mass is 16.5. The number of methoxy groups -OCH3 is 1. The van der Waals surface area contributed by atoms with Crippen molar-refractivity contribution in [2.45, 2.75) is 18.9 Å². The largest absolute Gasteiger partial charge is 0.467 e. The Balaban J connectivity index is 2.39. The molecular formula is C13H17NO4. The number of aliphatic hydroxyl groups excluding tert-OH is 1. The van der Waals surface area contributed by atoms with E-state index in [2.05, 4.69) is 10.1 Å². The first-order valence-corrected chi connectivity index (χ1v) is 5.69. The SMILES string of the molecule is COC(=O)[C@H](CO)NC(=O)CCc1ccccc1. The van der Waals surface area contributed by atoms with Gasteiger partial charge in [0.1, 0.15) is 0 Å². The topological polar surface area (TPSA) is 75.6 Å². The van der Waals surface area contributed by atoms with Gasteiger partial charge in [0.05, 0.1) is 13.7 Å². The number of esters is 1. The number of carbonyl (C=O) groups is 2. The Morgan fingerprint density at radius 3 is 2.56 bits per heavy atom. The molecule has 1 aromatic carbocycles. The minimum absolute atomic E-state index is 0.261. The summed E-state index contributed by atoms with van der Waals surface area (Å²) in [5, 5.41) is 11.4. The van der Waals surface area contributed by atoms with Crippen LogP contribution in [0.1, 0.15) is 12.0 Å². The quantitative estimate of drug-likeness (QED) is 0.712. The molecule has 1 atom stereocenters. The van der Waals surface area contributed by atoms with E-state index >= 15 is 0 Å². The molecule has 0 spiro atoms. The van der Waals surface area contributed by atoms with Crippen LogP contribution in [0, 0.1) is 0 Å². The first-order chi connectivity index (χ1) is 8.67. The van der Waals surface area contributed by atoms with Gasteiger partial charge in [-0.25, -0.2) is 4.79 Å². The van der Waals surface area contributed by atoms with Crippen LogP contribution < -0.4 is 5.32 Å². The Morgan fingerprint density at radius 2 is 2.00 bits per heavy atom. The highest BCUT2D eigenvalue weighted by molar-refractivity contribution is 5.84. The molecule has 0 aliphatic rings. The van der Waals surface area contributed by atoms with E-state index in [-0.39, 0.29) is 12.3 Å². The van der Waals surface area contributed by atoms with Crippen LogP contribution in [0.4, 0.5) is 0 Å². The van der Waals surface area contributed by atoms with Gasteiger partial charge >= 0.3 is 5.97 Å². The summed E-state index contributed by atoms with van der Waals surface area (Å²) in [7, 11) is 1.21. The van der Waals surface area contributed by atoms with Crippen molar-refractivity contribution in [3.8, 4) is 0 Å². The molecule has 2 N–H and O–H groups in total. The van der Waals surface area contributed by atoms with Crippen molar-refractivity contribution in [2.75, 3.05) is 13.7 Å². The van der Waals surface area contributed by atoms with E-state index in [1.165, 1.54) is 7.11 Å². The minimum atomic E-state index is -0.988. The maximum absolute atomic E-state index is 11.6. The van der Waals surface area contributed by atoms with Crippen LogP contribution in [0.2, 0.25) is 0 Å². The predicted octanol–water partition coefficient (Wildman–Crippen LogP) is 0.269. The molecule has 0 aliphatic heterocycles. The van der Waals surface area contributed by atoms with E-state index in [1.807, 2.05) is 30.3 Å². The zero-order valence-corrected chi connectivity index (χ0v) is 10.3. The summed E-state index contributed by atoms with van der Waals surface area (Å²) in [6, 6.07) is 8.58. The lowest BCUT2D eigenvalue weighted by Gasteiger charge is -2.13. The standard InChI is InChI=1S/C13H17NO4/c1-18-13(17)11(9-15)14-12(16)8-7-10-5-3-2-4-6-10/h2-6,11,15H,7-9H2,1H3,(H,14,16)/t11-/m0/s1. The predicted molar refractivity (Wildman–Crippen MR) is 65.8 cm³/mol. The second kappa shape index (κ2) is 7.45. The molecule has 0 heterocycles. The molecule has 98 valence electrons. The molecule has 1 rings (SSSR count). The van der Waals surface area contributed by atoms with Gasteiger partial charge < -0.3 is 15.2 Å². The third kappa shape index (κ3) is 4.55. The number of carbonyl (C=O) groups excluding carboxylic acids is 2. The molecule has 0 aromatic heterocycles. The van der Waals surface area contributed by atoms with Crippen LogP contribution >= 0.6 is 0 Å². The average molecular weight is 251 g/mol. The van der Waals surface area contributed by atoms with Gasteiger partial charge in [-0.1, -0.05) is 30.3 Å². The molecule has 1 aromatic rings. The number of aryl methyl sites for hydroxylation is 1. The molecule has 0 saturated carbocycles. The molecule has 0 bridgehead atoms. The van der Waals surface area contributed by atoms with Gasteiger partial charge in [-0.15, -0.1) is 0 Å². The summed E-state index contributed by atoms with van der Waals surface area (Å²) >= 11 is 0. The first kappa shape index (κ1) is 14.2. The molecule has 0 radical (unpaired) electrons. The highest BCUT2D eigenvalue weighted by Crippen LogP contribution is 2.02. The summed E-state index contributed by atoms with van der Waals surface area (Å²) in [6.45, 7) is -0.469. The average Bonchev–Trinajstić information content (AvgIpc) is 2.42. The molecule has 0 unspecified atom stereocenters. The Hall–Kier alpha value is -1.88. The van der Waals surface area contributed by atoms with E-state index in [1.54, 1.807) is 0 Å². The smallest absolute Gasteiger partial charge is 0.330 e. The van der Waals surface area contributed by atoms with Crippen LogP contribution in [-0.4, -0.2) is 36.7 Å². The lowest BCUT2D eigenvalue weighted by Crippen LogP contribution is -2.44. The number of ether oxygens (including phenoxy) is 1. The molecule has 0 saturated heterocycles. The fraction of sp³-hybridized carbons (Fsp3) is 0.385. The normalized spacial score (nSPS) is 11.7. The van der Waals surface area contributed by atoms with Gasteiger partial charge in [-0.3, -0.25) is 4.79 Å². The van der Waals surface area contributed by atoms with E-state index < -0.39 is 18.6 Å². The number of amides is 1. The van der Waals surface area contributed by atoms with Crippen molar-refractivity contribution in [3.05, 3.63) is 35.9 Å². The monoisotopic (exact) mass is 251 g/mol. The van der Waals surface area contributed by atoms with E-state index in [4.69, 9.17) is 5.11 Å². The summed E-state index contributed by atoms with van der Waals surface area (Å²) in [6.07, 6.45) is 0.851. The van der Waals surface area contributed by atoms with Crippen molar-refractivity contribution >= 4 is 11.9 Å². The molecule has 5 nitrogen and oxygen atoms in total. The Labute approximate surface area is 106 Å². The Kier molecular flexibility index (Phi) is 5.87. The molecule has 5 heteroatoms. The van der Waals surface area contributed by atoms with E-state index in [0.717, 1.165) is 5.56 Å². The third-order valence-corrected chi connectivity index (χ3v) is 2.49. The van der Waals surface area contributed by atoms with Crippen molar-refractivity contribution in [1.82, 2.24) is 5.32 Å². The minimum Gasteiger partial charge on any atom is -0.467 e. The highest BCUT2D eigenvalue weighted by Gasteiger charge is 2.19. The second-order valence-electron chi connectivity index (χ2n) is 3.81. The Morgan fingerprint density at radius 1 is 1.33 bits per heavy atom. The van der Waals surface area contributed by atoms with Gasteiger partial charge in [0, 0.05) is 6.42 Å². The molecular weight excluding hydrogens is 234 g/mol. The molecule has 1 amide bonds. The van der Waals surface area contributed by atoms with Gasteiger partial charge in [0.2, 0.25) is 5.91 Å². The fourth-order valence-corrected chi connectivity index (χ4v) is 1.49. The molecule has 18 heavy (non-hydrogen) atoms. The molecule has 0 aliphatic carbocycles. The third-order valence-electron chi connectivity index (χ3n) is 2.49. The zero-order chi connectivity index (χ0) is 13.4. The van der Waals surface area contributed by atoms with E-state index in [9.17, 15) is 9.59 Å². The van der Waals surface area contributed by atoms with Crippen molar-refractivity contribution in [2.24, 2.45) is 0 Å². The van der Waals surface area contributed by atoms with Crippen LogP contribution in [0.5, 0.6) is 0 Å². The lowest BCUT2D eigenvalue weighted by atomic mass is 10.1. The summed E-state index contributed by atoms with van der Waals surface area (Å²) < 4.78 is 4.45. The number of hydrogen-bond donors (Lipinski definition) is 2. The van der Waals surface area contributed by atoms with Gasteiger partial charge in [0.25, 0.3) is 0 Å². The van der Waals surface area contributed by atoms with Crippen molar-refractivity contribution in [1.29, 1.82) is 0 Å². The zero-order valence-electron chi connectivity index (χ0n) is 10.3. The Bertz CT molecular complexity index is 391. The van der Waals surface area contributed by atoms with E-state index in [0.29, 0.717) is 6.42 Å². The van der Waals surface area contributed by atoms with Gasteiger partial charge in [-0.05, 0) is 12.0 Å². The number of rotatable bonds is 6. The number of nitrogens with one attached hydrogen (secondary N) is 1. The van der Waals surface area contributed by atoms with Crippen molar-refractivity contribution < 1.29 is 19.4 Å². The maximum Gasteiger partial charge on any atom is 0.330 e. The summed E-state index contributed by atoms with van der Waals surface area (Å²) in [5.74, 6) is -0.936. The number of aliphatic hydroxyl groups is 1.